The number of hydrogen-bond acceptors (Lipinski definition) is 4. The van der Waals surface area contributed by atoms with Gasteiger partial charge in [-0.15, -0.1) is 0 Å². The third-order valence-electron chi connectivity index (χ3n) is 2.02. The zero-order valence-corrected chi connectivity index (χ0v) is 9.14. The predicted molar refractivity (Wildman–Crippen MR) is 60.3 cm³/mol. The van der Waals surface area contributed by atoms with Crippen molar-refractivity contribution in [3.8, 4) is 0 Å². The first-order chi connectivity index (χ1) is 7.50. The predicted octanol–water partition coefficient (Wildman–Crippen LogP) is 1.09. The number of nitrogens with zero attached hydrogens (tertiary/aromatic N) is 2. The number of rotatable bonds is 4. The zero-order valence-electron chi connectivity index (χ0n) is 9.14. The molecule has 0 aliphatic heterocycles. The van der Waals surface area contributed by atoms with Crippen LogP contribution in [0.2, 0.25) is 0 Å². The van der Waals surface area contributed by atoms with Gasteiger partial charge in [-0.05, 0) is 12.1 Å². The van der Waals surface area contributed by atoms with Crippen LogP contribution in [0.25, 0.3) is 0 Å². The summed E-state index contributed by atoms with van der Waals surface area (Å²) in [6.45, 7) is 0.171. The fourth-order valence-electron chi connectivity index (χ4n) is 1.04. The smallest absolute Gasteiger partial charge is 0.269 e. The Labute approximate surface area is 93.0 Å². The Balaban J connectivity index is 2.56. The van der Waals surface area contributed by atoms with Crippen LogP contribution in [-0.2, 0) is 4.79 Å². The van der Waals surface area contributed by atoms with Gasteiger partial charge in [-0.1, -0.05) is 0 Å². The van der Waals surface area contributed by atoms with E-state index in [9.17, 15) is 14.9 Å². The van der Waals surface area contributed by atoms with E-state index in [2.05, 4.69) is 5.32 Å². The van der Waals surface area contributed by atoms with Gasteiger partial charge in [-0.25, -0.2) is 0 Å². The molecule has 0 aliphatic rings. The normalized spacial score (nSPS) is 9.62. The molecule has 0 saturated carbocycles. The number of nitro benzene ring substituents is 1. The highest BCUT2D eigenvalue weighted by Gasteiger charge is 2.05. The Morgan fingerprint density at radius 1 is 1.38 bits per heavy atom. The van der Waals surface area contributed by atoms with E-state index in [0.29, 0.717) is 5.69 Å². The number of hydrogen-bond donors (Lipinski definition) is 1. The summed E-state index contributed by atoms with van der Waals surface area (Å²) < 4.78 is 0. The van der Waals surface area contributed by atoms with E-state index in [1.807, 2.05) is 0 Å². The fourth-order valence-corrected chi connectivity index (χ4v) is 1.04. The quantitative estimate of drug-likeness (QED) is 0.612. The van der Waals surface area contributed by atoms with Crippen molar-refractivity contribution in [2.75, 3.05) is 26.0 Å². The summed E-state index contributed by atoms with van der Waals surface area (Å²) in [5, 5.41) is 13.3. The summed E-state index contributed by atoms with van der Waals surface area (Å²) in [7, 11) is 3.33. The molecule has 16 heavy (non-hydrogen) atoms. The molecule has 86 valence electrons. The number of carbonyl (C=O) groups is 1. The first kappa shape index (κ1) is 12.0. The van der Waals surface area contributed by atoms with Crippen LogP contribution in [0.3, 0.4) is 0 Å². The second kappa shape index (κ2) is 5.11. The van der Waals surface area contributed by atoms with Crippen molar-refractivity contribution in [3.05, 3.63) is 34.4 Å². The second-order valence-corrected chi connectivity index (χ2v) is 3.45. The number of carbonyl (C=O) groups excluding carboxylic acids is 1. The Bertz CT molecular complexity index is 387. The van der Waals surface area contributed by atoms with Gasteiger partial charge >= 0.3 is 0 Å². The van der Waals surface area contributed by atoms with Crippen molar-refractivity contribution in [2.45, 2.75) is 0 Å². The van der Waals surface area contributed by atoms with E-state index in [1.54, 1.807) is 26.2 Å². The van der Waals surface area contributed by atoms with Crippen LogP contribution in [0.4, 0.5) is 11.4 Å². The lowest BCUT2D eigenvalue weighted by atomic mass is 10.3. The summed E-state index contributed by atoms with van der Waals surface area (Å²) in [4.78, 5) is 22.6. The average Bonchev–Trinajstić information content (AvgIpc) is 2.26. The average molecular weight is 223 g/mol. The molecule has 0 atom stereocenters. The molecular weight excluding hydrogens is 210 g/mol. The lowest BCUT2D eigenvalue weighted by Gasteiger charge is -2.11. The molecule has 1 aromatic carbocycles. The van der Waals surface area contributed by atoms with Crippen molar-refractivity contribution >= 4 is 17.3 Å². The molecule has 0 spiro atoms. The molecule has 1 rings (SSSR count). The number of benzene rings is 1. The minimum Gasteiger partial charge on any atom is -0.376 e. The third-order valence-corrected chi connectivity index (χ3v) is 2.02. The van der Waals surface area contributed by atoms with Crippen molar-refractivity contribution in [2.24, 2.45) is 0 Å². The molecule has 0 heterocycles. The van der Waals surface area contributed by atoms with Gasteiger partial charge in [0, 0.05) is 31.9 Å². The fraction of sp³-hybridized carbons (Fsp3) is 0.300. The second-order valence-electron chi connectivity index (χ2n) is 3.45. The van der Waals surface area contributed by atoms with Crippen molar-refractivity contribution in [1.29, 1.82) is 0 Å². The number of nitrogens with one attached hydrogen (secondary N) is 1. The maximum absolute atomic E-state index is 11.2. The summed E-state index contributed by atoms with van der Waals surface area (Å²) in [6.07, 6.45) is 0. The van der Waals surface area contributed by atoms with E-state index in [1.165, 1.54) is 17.0 Å². The van der Waals surface area contributed by atoms with Crippen LogP contribution < -0.4 is 5.32 Å². The molecule has 0 aromatic heterocycles. The van der Waals surface area contributed by atoms with E-state index >= 15 is 0 Å². The highest BCUT2D eigenvalue weighted by Crippen LogP contribution is 2.14. The monoisotopic (exact) mass is 223 g/mol. The number of anilines is 1. The Morgan fingerprint density at radius 2 is 1.94 bits per heavy atom. The topological polar surface area (TPSA) is 75.5 Å². The Morgan fingerprint density at radius 3 is 2.38 bits per heavy atom. The molecule has 0 fully saturated rings. The van der Waals surface area contributed by atoms with Gasteiger partial charge in [0.25, 0.3) is 5.69 Å². The van der Waals surface area contributed by atoms with Crippen molar-refractivity contribution in [1.82, 2.24) is 4.90 Å². The molecule has 1 amide bonds. The van der Waals surface area contributed by atoms with Gasteiger partial charge in [0.2, 0.25) is 5.91 Å². The van der Waals surface area contributed by atoms with E-state index in [4.69, 9.17) is 0 Å². The summed E-state index contributed by atoms with van der Waals surface area (Å²) in [5.74, 6) is -0.0571. The SMILES string of the molecule is CN(C)C(=O)CNc1ccc([N+](=O)[O-])cc1. The van der Waals surface area contributed by atoms with Gasteiger partial charge in [0.05, 0.1) is 11.5 Å². The summed E-state index contributed by atoms with van der Waals surface area (Å²) in [5.41, 5.74) is 0.713. The minimum absolute atomic E-state index is 0.0319. The summed E-state index contributed by atoms with van der Waals surface area (Å²) >= 11 is 0. The van der Waals surface area contributed by atoms with Gasteiger partial charge in [0.1, 0.15) is 0 Å². The third kappa shape index (κ3) is 3.23. The van der Waals surface area contributed by atoms with Crippen LogP contribution in [0.5, 0.6) is 0 Å². The van der Waals surface area contributed by atoms with E-state index in [0.717, 1.165) is 0 Å². The zero-order chi connectivity index (χ0) is 12.1. The first-order valence-corrected chi connectivity index (χ1v) is 4.69. The lowest BCUT2D eigenvalue weighted by Crippen LogP contribution is -2.28. The first-order valence-electron chi connectivity index (χ1n) is 4.69. The van der Waals surface area contributed by atoms with Gasteiger partial charge < -0.3 is 10.2 Å². The lowest BCUT2D eigenvalue weighted by molar-refractivity contribution is -0.384. The molecule has 0 radical (unpaired) electrons. The van der Waals surface area contributed by atoms with Crippen molar-refractivity contribution < 1.29 is 9.72 Å². The molecular formula is C10H13N3O3. The number of likely N-dealkylation sites (N-methyl/N-ethyl adjacent to an activating group) is 1. The summed E-state index contributed by atoms with van der Waals surface area (Å²) in [6, 6.07) is 5.92. The van der Waals surface area contributed by atoms with Gasteiger partial charge in [0.15, 0.2) is 0 Å². The molecule has 6 nitrogen and oxygen atoms in total. The van der Waals surface area contributed by atoms with Crippen LogP contribution in [-0.4, -0.2) is 36.4 Å². The Hall–Kier alpha value is -2.11. The van der Waals surface area contributed by atoms with Crippen molar-refractivity contribution in [3.63, 3.8) is 0 Å². The molecule has 1 aromatic rings. The van der Waals surface area contributed by atoms with E-state index in [-0.39, 0.29) is 18.1 Å². The number of nitro groups is 1. The maximum Gasteiger partial charge on any atom is 0.269 e. The molecule has 0 bridgehead atoms. The van der Waals surface area contributed by atoms with Crippen LogP contribution in [0.1, 0.15) is 0 Å². The van der Waals surface area contributed by atoms with E-state index < -0.39 is 4.92 Å². The molecule has 0 saturated heterocycles. The van der Waals surface area contributed by atoms with Crippen LogP contribution in [0, 0.1) is 10.1 Å². The Kier molecular flexibility index (Phi) is 3.82. The molecule has 0 unspecified atom stereocenters. The highest BCUT2D eigenvalue weighted by atomic mass is 16.6. The molecule has 6 heteroatoms. The molecule has 0 aliphatic carbocycles. The minimum atomic E-state index is -0.464. The number of amides is 1. The van der Waals surface area contributed by atoms with Gasteiger partial charge in [-0.2, -0.15) is 0 Å². The van der Waals surface area contributed by atoms with Gasteiger partial charge in [-0.3, -0.25) is 14.9 Å². The molecule has 1 N–H and O–H groups in total. The largest absolute Gasteiger partial charge is 0.376 e. The maximum atomic E-state index is 11.2. The number of non-ortho nitro benzene ring substituents is 1. The van der Waals surface area contributed by atoms with Crippen LogP contribution in [0.15, 0.2) is 24.3 Å². The standard InChI is InChI=1S/C10H13N3O3/c1-12(2)10(14)7-11-8-3-5-9(6-4-8)13(15)16/h3-6,11H,7H2,1-2H3. The highest BCUT2D eigenvalue weighted by molar-refractivity contribution is 5.80. The van der Waals surface area contributed by atoms with Crippen LogP contribution >= 0.6 is 0 Å².